The first-order valence-corrected chi connectivity index (χ1v) is 7.55. The Morgan fingerprint density at radius 1 is 1.48 bits per heavy atom. The minimum atomic E-state index is -0.590. The van der Waals surface area contributed by atoms with Crippen molar-refractivity contribution < 1.29 is 14.5 Å². The number of hydrogen-bond donors (Lipinski definition) is 1. The third-order valence-corrected chi connectivity index (χ3v) is 3.83. The molecule has 0 aliphatic rings. The predicted octanol–water partition coefficient (Wildman–Crippen LogP) is 2.72. The maximum atomic E-state index is 12.3. The number of fused-ring (bicyclic) bond motifs is 1. The van der Waals surface area contributed by atoms with Gasteiger partial charge < -0.3 is 10.5 Å². The summed E-state index contributed by atoms with van der Waals surface area (Å²) in [7, 11) is 0. The van der Waals surface area contributed by atoms with E-state index in [1.165, 1.54) is 35.2 Å². The number of aromatic nitrogens is 3. The van der Waals surface area contributed by atoms with Crippen molar-refractivity contribution >= 4 is 34.6 Å². The van der Waals surface area contributed by atoms with E-state index in [9.17, 15) is 14.9 Å². The smallest absolute Gasteiger partial charge is 0.340 e. The molecule has 0 atom stereocenters. The van der Waals surface area contributed by atoms with Crippen molar-refractivity contribution in [2.24, 2.45) is 0 Å². The normalized spacial score (nSPS) is 10.8. The molecule has 2 aromatic heterocycles. The van der Waals surface area contributed by atoms with Crippen molar-refractivity contribution in [3.63, 3.8) is 0 Å². The van der Waals surface area contributed by atoms with Gasteiger partial charge in [0.15, 0.2) is 5.82 Å². The number of nitrogen functional groups attached to an aromatic ring is 1. The van der Waals surface area contributed by atoms with E-state index in [-0.39, 0.29) is 28.7 Å². The Kier molecular flexibility index (Phi) is 4.24. The number of nitro benzene ring substituents is 1. The summed E-state index contributed by atoms with van der Waals surface area (Å²) in [4.78, 5) is 26.6. The summed E-state index contributed by atoms with van der Waals surface area (Å²) in [6, 6.07) is 4.13. The Morgan fingerprint density at radius 3 is 2.88 bits per heavy atom. The van der Waals surface area contributed by atoms with Gasteiger partial charge in [-0.3, -0.25) is 10.1 Å². The van der Waals surface area contributed by atoms with Crippen LogP contribution in [0.3, 0.4) is 0 Å². The van der Waals surface area contributed by atoms with Crippen LogP contribution in [0.5, 0.6) is 0 Å². The van der Waals surface area contributed by atoms with E-state index in [2.05, 4.69) is 10.1 Å². The van der Waals surface area contributed by atoms with Crippen LogP contribution in [-0.2, 0) is 4.74 Å². The highest BCUT2D eigenvalue weighted by Gasteiger charge is 2.24. The quantitative estimate of drug-likeness (QED) is 0.430. The molecule has 3 aromatic rings. The molecule has 0 radical (unpaired) electrons. The van der Waals surface area contributed by atoms with Gasteiger partial charge in [0.25, 0.3) is 5.69 Å². The molecule has 10 heteroatoms. The molecule has 128 valence electrons. The van der Waals surface area contributed by atoms with Crippen LogP contribution in [0.4, 0.5) is 11.5 Å². The van der Waals surface area contributed by atoms with Crippen molar-refractivity contribution in [3.05, 3.63) is 51.4 Å². The molecule has 0 spiro atoms. The number of nitrogens with zero attached hydrogens (tertiary/aromatic N) is 4. The first-order chi connectivity index (χ1) is 11.9. The Bertz CT molecular complexity index is 1000. The number of carbonyl (C=O) groups is 1. The average Bonchev–Trinajstić information content (AvgIpc) is 2.95. The standard InChI is InChI=1S/C15H12ClN5O4/c1-2-25-15(22)9-6-20-13(14(17)18-7-19-20)12(9)8-3-4-11(21(23)24)10(16)5-8/h3-7H,2H2,1H3,(H2,17,18,19). The monoisotopic (exact) mass is 361 g/mol. The van der Waals surface area contributed by atoms with Crippen LogP contribution in [0.25, 0.3) is 16.6 Å². The number of hydrogen-bond acceptors (Lipinski definition) is 7. The minimum absolute atomic E-state index is 0.0629. The zero-order valence-corrected chi connectivity index (χ0v) is 13.7. The highest BCUT2D eigenvalue weighted by atomic mass is 35.5. The van der Waals surface area contributed by atoms with E-state index >= 15 is 0 Å². The Morgan fingerprint density at radius 2 is 2.24 bits per heavy atom. The van der Waals surface area contributed by atoms with Crippen LogP contribution in [0, 0.1) is 10.1 Å². The van der Waals surface area contributed by atoms with Crippen LogP contribution >= 0.6 is 11.6 Å². The van der Waals surface area contributed by atoms with Crippen LogP contribution in [0.2, 0.25) is 5.02 Å². The molecule has 1 aromatic carbocycles. The summed E-state index contributed by atoms with van der Waals surface area (Å²) >= 11 is 6.00. The molecule has 0 saturated carbocycles. The van der Waals surface area contributed by atoms with Crippen molar-refractivity contribution in [1.82, 2.24) is 14.6 Å². The van der Waals surface area contributed by atoms with Gasteiger partial charge in [-0.1, -0.05) is 11.6 Å². The second-order valence-corrected chi connectivity index (χ2v) is 5.41. The summed E-state index contributed by atoms with van der Waals surface area (Å²) in [5, 5.41) is 14.9. The fourth-order valence-electron chi connectivity index (χ4n) is 2.50. The first kappa shape index (κ1) is 16.7. The van der Waals surface area contributed by atoms with Gasteiger partial charge in [-0.05, 0) is 24.6 Å². The van der Waals surface area contributed by atoms with Crippen molar-refractivity contribution in [1.29, 1.82) is 0 Å². The number of benzene rings is 1. The Balaban J connectivity index is 2.30. The fourth-order valence-corrected chi connectivity index (χ4v) is 2.75. The molecule has 0 saturated heterocycles. The van der Waals surface area contributed by atoms with Gasteiger partial charge in [0, 0.05) is 17.8 Å². The first-order valence-electron chi connectivity index (χ1n) is 7.17. The van der Waals surface area contributed by atoms with Gasteiger partial charge in [0.1, 0.15) is 16.9 Å². The molecular formula is C15H12ClN5O4. The van der Waals surface area contributed by atoms with E-state index in [0.717, 1.165) is 0 Å². The third-order valence-electron chi connectivity index (χ3n) is 3.53. The number of nitrogens with two attached hydrogens (primary N) is 1. The number of esters is 1. The lowest BCUT2D eigenvalue weighted by atomic mass is 10.0. The van der Waals surface area contributed by atoms with Gasteiger partial charge in [-0.2, -0.15) is 5.10 Å². The van der Waals surface area contributed by atoms with Crippen molar-refractivity contribution in [2.45, 2.75) is 6.92 Å². The Labute approximate surface area is 146 Å². The largest absolute Gasteiger partial charge is 0.462 e. The van der Waals surface area contributed by atoms with Gasteiger partial charge >= 0.3 is 5.97 Å². The topological polar surface area (TPSA) is 126 Å². The van der Waals surface area contributed by atoms with Crippen LogP contribution in [0.15, 0.2) is 30.7 Å². The number of halogens is 1. The van der Waals surface area contributed by atoms with E-state index in [1.807, 2.05) is 0 Å². The molecule has 2 N–H and O–H groups in total. The minimum Gasteiger partial charge on any atom is -0.462 e. The third kappa shape index (κ3) is 2.85. The number of nitro groups is 1. The van der Waals surface area contributed by atoms with Crippen molar-refractivity contribution in [2.75, 3.05) is 12.3 Å². The molecular weight excluding hydrogens is 350 g/mol. The zero-order chi connectivity index (χ0) is 18.1. The summed E-state index contributed by atoms with van der Waals surface area (Å²) in [5.41, 5.74) is 7.14. The van der Waals surface area contributed by atoms with Crippen LogP contribution in [0.1, 0.15) is 17.3 Å². The maximum absolute atomic E-state index is 12.3. The zero-order valence-electron chi connectivity index (χ0n) is 13.0. The molecule has 3 rings (SSSR count). The molecule has 0 unspecified atom stereocenters. The lowest BCUT2D eigenvalue weighted by molar-refractivity contribution is -0.384. The number of ether oxygens (including phenoxy) is 1. The lowest BCUT2D eigenvalue weighted by Gasteiger charge is -2.06. The summed E-state index contributed by atoms with van der Waals surface area (Å²) in [5.74, 6) is -0.424. The van der Waals surface area contributed by atoms with Gasteiger partial charge in [-0.15, -0.1) is 0 Å². The molecule has 0 aliphatic heterocycles. The highest BCUT2D eigenvalue weighted by Crippen LogP contribution is 2.36. The van der Waals surface area contributed by atoms with E-state index < -0.39 is 10.9 Å². The predicted molar refractivity (Wildman–Crippen MR) is 90.5 cm³/mol. The van der Waals surface area contributed by atoms with E-state index in [0.29, 0.717) is 16.6 Å². The summed E-state index contributed by atoms with van der Waals surface area (Å²) < 4.78 is 6.47. The molecule has 9 nitrogen and oxygen atoms in total. The summed E-state index contributed by atoms with van der Waals surface area (Å²) in [6.07, 6.45) is 2.72. The second kappa shape index (κ2) is 6.36. The number of carbonyl (C=O) groups excluding carboxylic acids is 1. The number of anilines is 1. The van der Waals surface area contributed by atoms with E-state index in [1.54, 1.807) is 6.92 Å². The summed E-state index contributed by atoms with van der Waals surface area (Å²) in [6.45, 7) is 1.87. The van der Waals surface area contributed by atoms with Gasteiger partial charge in [0.2, 0.25) is 0 Å². The fraction of sp³-hybridized carbons (Fsp3) is 0.133. The SMILES string of the molecule is CCOC(=O)c1cn2ncnc(N)c2c1-c1ccc([N+](=O)[O-])c(Cl)c1. The van der Waals surface area contributed by atoms with Crippen LogP contribution in [-0.4, -0.2) is 32.1 Å². The Hall–Kier alpha value is -3.20. The van der Waals surface area contributed by atoms with Crippen molar-refractivity contribution in [3.8, 4) is 11.1 Å². The van der Waals surface area contributed by atoms with Crippen LogP contribution < -0.4 is 5.73 Å². The molecule has 0 bridgehead atoms. The number of rotatable bonds is 4. The maximum Gasteiger partial charge on any atom is 0.340 e. The van der Waals surface area contributed by atoms with Gasteiger partial charge in [0.05, 0.1) is 17.1 Å². The van der Waals surface area contributed by atoms with E-state index in [4.69, 9.17) is 22.1 Å². The highest BCUT2D eigenvalue weighted by molar-refractivity contribution is 6.33. The molecule has 0 aliphatic carbocycles. The molecule has 25 heavy (non-hydrogen) atoms. The average molecular weight is 362 g/mol. The molecule has 2 heterocycles. The second-order valence-electron chi connectivity index (χ2n) is 5.00. The molecule has 0 amide bonds. The molecule has 0 fully saturated rings. The van der Waals surface area contributed by atoms with Gasteiger partial charge in [-0.25, -0.2) is 14.3 Å². The lowest BCUT2D eigenvalue weighted by Crippen LogP contribution is -2.05.